The van der Waals surface area contributed by atoms with Crippen LogP contribution in [0.5, 0.6) is 0 Å². The van der Waals surface area contributed by atoms with Crippen LogP contribution in [-0.2, 0) is 11.3 Å². The Morgan fingerprint density at radius 3 is 2.95 bits per heavy atom. The summed E-state index contributed by atoms with van der Waals surface area (Å²) >= 11 is 1.54. The summed E-state index contributed by atoms with van der Waals surface area (Å²) in [4.78, 5) is 30.6. The van der Waals surface area contributed by atoms with Gasteiger partial charge in [0.15, 0.2) is 4.96 Å². The highest BCUT2D eigenvalue weighted by Gasteiger charge is 2.47. The van der Waals surface area contributed by atoms with Crippen molar-refractivity contribution < 1.29 is 9.59 Å². The number of hydrogen-bond acceptors (Lipinski definition) is 4. The number of hydrogen-bond donors (Lipinski definition) is 1. The number of carbonyl (C=O) groups excluding carboxylic acids is 2. The average molecular weight is 278 g/mol. The van der Waals surface area contributed by atoms with Gasteiger partial charge in [-0.3, -0.25) is 14.5 Å². The van der Waals surface area contributed by atoms with Crippen LogP contribution in [0.25, 0.3) is 4.96 Å². The number of imidazole rings is 1. The molecule has 3 heterocycles. The highest BCUT2D eigenvalue weighted by molar-refractivity contribution is 7.15. The first-order valence-corrected chi connectivity index (χ1v) is 6.96. The van der Waals surface area contributed by atoms with Gasteiger partial charge in [0.05, 0.1) is 12.2 Å². The fourth-order valence-corrected chi connectivity index (χ4v) is 2.98. The van der Waals surface area contributed by atoms with Crippen LogP contribution in [0.4, 0.5) is 4.79 Å². The number of amides is 3. The summed E-state index contributed by atoms with van der Waals surface area (Å²) in [5, 5.41) is 4.33. The van der Waals surface area contributed by atoms with Crippen molar-refractivity contribution in [3.63, 3.8) is 0 Å². The van der Waals surface area contributed by atoms with Crippen LogP contribution in [0.2, 0.25) is 0 Å². The lowest BCUT2D eigenvalue weighted by molar-refractivity contribution is -0.126. The molecule has 3 amide bonds. The third-order valence-corrected chi connectivity index (χ3v) is 4.47. The summed E-state index contributed by atoms with van der Waals surface area (Å²) in [6, 6.07) is -0.342. The van der Waals surface area contributed by atoms with Crippen LogP contribution < -0.4 is 5.32 Å². The molecular formula is C12H14N4O2S. The number of nitrogens with zero attached hydrogens (tertiary/aromatic N) is 3. The minimum absolute atomic E-state index is 0.235. The summed E-state index contributed by atoms with van der Waals surface area (Å²) in [6.07, 6.45) is 4.38. The average Bonchev–Trinajstić information content (AvgIpc) is 2.99. The summed E-state index contributed by atoms with van der Waals surface area (Å²) in [5.41, 5.74) is 0.00470. The monoisotopic (exact) mass is 278 g/mol. The molecule has 1 unspecified atom stereocenters. The van der Waals surface area contributed by atoms with Gasteiger partial charge in [-0.2, -0.15) is 0 Å². The van der Waals surface area contributed by atoms with E-state index in [1.165, 1.54) is 11.3 Å². The van der Waals surface area contributed by atoms with Gasteiger partial charge in [-0.15, -0.1) is 11.3 Å². The van der Waals surface area contributed by atoms with Crippen molar-refractivity contribution in [3.05, 3.63) is 23.5 Å². The van der Waals surface area contributed by atoms with Crippen LogP contribution in [0.1, 0.15) is 26.0 Å². The Labute approximate surface area is 114 Å². The van der Waals surface area contributed by atoms with Crippen LogP contribution in [0.3, 0.4) is 0 Å². The Bertz CT molecular complexity index is 633. The van der Waals surface area contributed by atoms with Gasteiger partial charge in [0.25, 0.3) is 5.91 Å². The molecule has 100 valence electrons. The molecule has 6 nitrogen and oxygen atoms in total. The van der Waals surface area contributed by atoms with Crippen molar-refractivity contribution in [1.82, 2.24) is 19.6 Å². The van der Waals surface area contributed by atoms with E-state index in [1.54, 1.807) is 11.8 Å². The Morgan fingerprint density at radius 1 is 1.47 bits per heavy atom. The first-order chi connectivity index (χ1) is 9.04. The summed E-state index contributed by atoms with van der Waals surface area (Å²) in [5.74, 6) is -0.235. The largest absolute Gasteiger partial charge is 0.325 e. The highest BCUT2D eigenvalue weighted by atomic mass is 32.1. The molecular weight excluding hydrogens is 264 g/mol. The Balaban J connectivity index is 1.91. The number of imide groups is 1. The van der Waals surface area contributed by atoms with Gasteiger partial charge >= 0.3 is 6.03 Å². The molecule has 2 aromatic heterocycles. The van der Waals surface area contributed by atoms with E-state index in [0.717, 1.165) is 10.7 Å². The SMILES string of the molecule is CCC1(C)C(=O)NC(=O)N1Cc1cn2ccsc2n1. The van der Waals surface area contributed by atoms with E-state index in [0.29, 0.717) is 13.0 Å². The maximum Gasteiger partial charge on any atom is 0.325 e. The third kappa shape index (κ3) is 1.73. The zero-order chi connectivity index (χ0) is 13.6. The van der Waals surface area contributed by atoms with E-state index in [4.69, 9.17) is 0 Å². The Hall–Kier alpha value is -1.89. The van der Waals surface area contributed by atoms with Crippen LogP contribution >= 0.6 is 11.3 Å². The van der Waals surface area contributed by atoms with Crippen LogP contribution in [0, 0.1) is 0 Å². The zero-order valence-electron chi connectivity index (χ0n) is 10.7. The quantitative estimate of drug-likeness (QED) is 0.867. The Morgan fingerprint density at radius 2 is 2.26 bits per heavy atom. The fourth-order valence-electron chi connectivity index (χ4n) is 2.26. The maximum absolute atomic E-state index is 11.9. The summed E-state index contributed by atoms with van der Waals surface area (Å²) in [6.45, 7) is 4.03. The first-order valence-electron chi connectivity index (χ1n) is 6.08. The molecule has 3 rings (SSSR count). The number of aromatic nitrogens is 2. The molecule has 1 atom stereocenters. The molecule has 0 aromatic carbocycles. The number of carbonyl (C=O) groups is 2. The fraction of sp³-hybridized carbons (Fsp3) is 0.417. The highest BCUT2D eigenvalue weighted by Crippen LogP contribution is 2.27. The second-order valence-electron chi connectivity index (χ2n) is 4.80. The van der Waals surface area contributed by atoms with Crippen molar-refractivity contribution in [2.24, 2.45) is 0 Å². The molecule has 2 aromatic rings. The van der Waals surface area contributed by atoms with E-state index >= 15 is 0 Å². The lowest BCUT2D eigenvalue weighted by Crippen LogP contribution is -2.46. The van der Waals surface area contributed by atoms with Gasteiger partial charge in [-0.25, -0.2) is 9.78 Å². The zero-order valence-corrected chi connectivity index (χ0v) is 11.5. The van der Waals surface area contributed by atoms with Crippen LogP contribution in [0.15, 0.2) is 17.8 Å². The van der Waals surface area contributed by atoms with E-state index in [1.807, 2.05) is 29.1 Å². The minimum Gasteiger partial charge on any atom is -0.304 e. The molecule has 1 fully saturated rings. The lowest BCUT2D eigenvalue weighted by Gasteiger charge is -2.29. The standard InChI is InChI=1S/C12H14N4O2S/c1-3-12(2)9(17)14-10(18)16(12)7-8-6-15-4-5-19-11(15)13-8/h4-6H,3,7H2,1-2H3,(H,14,17,18). The van der Waals surface area contributed by atoms with Crippen LogP contribution in [-0.4, -0.2) is 31.8 Å². The van der Waals surface area contributed by atoms with Gasteiger partial charge in [-0.1, -0.05) is 6.92 Å². The van der Waals surface area contributed by atoms with Crippen molar-refractivity contribution in [2.75, 3.05) is 0 Å². The lowest BCUT2D eigenvalue weighted by atomic mass is 9.97. The van der Waals surface area contributed by atoms with Gasteiger partial charge in [0, 0.05) is 17.8 Å². The van der Waals surface area contributed by atoms with Crippen molar-refractivity contribution in [2.45, 2.75) is 32.4 Å². The third-order valence-electron chi connectivity index (χ3n) is 3.70. The number of thiazole rings is 1. The number of rotatable bonds is 3. The summed E-state index contributed by atoms with van der Waals surface area (Å²) < 4.78 is 1.92. The molecule has 0 radical (unpaired) electrons. The molecule has 0 aliphatic carbocycles. The van der Waals surface area contributed by atoms with E-state index in [-0.39, 0.29) is 11.9 Å². The minimum atomic E-state index is -0.784. The van der Waals surface area contributed by atoms with Crippen molar-refractivity contribution in [3.8, 4) is 0 Å². The number of fused-ring (bicyclic) bond motifs is 1. The van der Waals surface area contributed by atoms with Gasteiger partial charge in [-0.05, 0) is 13.3 Å². The normalized spacial score (nSPS) is 23.4. The second-order valence-corrected chi connectivity index (χ2v) is 5.67. The molecule has 1 aliphatic heterocycles. The topological polar surface area (TPSA) is 66.7 Å². The predicted molar refractivity (Wildman–Crippen MR) is 70.8 cm³/mol. The van der Waals surface area contributed by atoms with E-state index < -0.39 is 5.54 Å². The molecule has 0 spiro atoms. The number of nitrogens with one attached hydrogen (secondary N) is 1. The van der Waals surface area contributed by atoms with Gasteiger partial charge in [0.1, 0.15) is 5.54 Å². The van der Waals surface area contributed by atoms with Gasteiger partial charge < -0.3 is 4.90 Å². The molecule has 0 bridgehead atoms. The predicted octanol–water partition coefficient (Wildman–Crippen LogP) is 1.62. The molecule has 1 aliphatic rings. The first kappa shape index (κ1) is 12.2. The molecule has 1 saturated heterocycles. The van der Waals surface area contributed by atoms with Crippen molar-refractivity contribution in [1.29, 1.82) is 0 Å². The van der Waals surface area contributed by atoms with Crippen molar-refractivity contribution >= 4 is 28.2 Å². The smallest absolute Gasteiger partial charge is 0.304 e. The van der Waals surface area contributed by atoms with E-state index in [2.05, 4.69) is 10.3 Å². The molecule has 0 saturated carbocycles. The maximum atomic E-state index is 11.9. The summed E-state index contributed by atoms with van der Waals surface area (Å²) in [7, 11) is 0. The molecule has 7 heteroatoms. The van der Waals surface area contributed by atoms with E-state index in [9.17, 15) is 9.59 Å². The Kier molecular flexibility index (Phi) is 2.60. The molecule has 1 N–H and O–H groups in total. The number of urea groups is 1. The van der Waals surface area contributed by atoms with Gasteiger partial charge in [0.2, 0.25) is 0 Å². The molecule has 19 heavy (non-hydrogen) atoms. The second kappa shape index (κ2) is 4.06.